The molecule has 4 nitrogen and oxygen atoms in total. The fraction of sp³-hybridized carbons (Fsp3) is 0.286. The smallest absolute Gasteiger partial charge is 0.246 e. The fourth-order valence-electron chi connectivity index (χ4n) is 1.02. The third-order valence-corrected chi connectivity index (χ3v) is 1.66. The van der Waals surface area contributed by atoms with Gasteiger partial charge in [-0.15, -0.1) is 0 Å². The Kier molecular flexibility index (Phi) is 1.15. The van der Waals surface area contributed by atoms with E-state index in [4.69, 9.17) is 4.42 Å². The number of rotatable bonds is 0. The van der Waals surface area contributed by atoms with Crippen LogP contribution >= 0.6 is 0 Å². The average molecular weight is 152 g/mol. The standard InChI is InChI=1S/C7H8N2O2/c1-4-6(10)9-5-2-3-11-7(5)8-4/h2-4,8H,1H3,(H,9,10)/t4-/m0/s1. The number of fused-ring (bicyclic) bond motifs is 1. The van der Waals surface area contributed by atoms with Gasteiger partial charge in [-0.25, -0.2) is 0 Å². The summed E-state index contributed by atoms with van der Waals surface area (Å²) in [7, 11) is 0. The van der Waals surface area contributed by atoms with Crippen molar-refractivity contribution < 1.29 is 9.21 Å². The topological polar surface area (TPSA) is 54.3 Å². The molecule has 0 bridgehead atoms. The molecule has 0 unspecified atom stereocenters. The van der Waals surface area contributed by atoms with Crippen molar-refractivity contribution in [1.29, 1.82) is 0 Å². The summed E-state index contributed by atoms with van der Waals surface area (Å²) in [5.74, 6) is 0.607. The monoisotopic (exact) mass is 152 g/mol. The van der Waals surface area contributed by atoms with E-state index in [2.05, 4.69) is 10.6 Å². The predicted molar refractivity (Wildman–Crippen MR) is 40.4 cm³/mol. The molecule has 58 valence electrons. The lowest BCUT2D eigenvalue weighted by Gasteiger charge is -2.19. The Balaban J connectivity index is 2.37. The Morgan fingerprint density at radius 2 is 2.45 bits per heavy atom. The molecule has 1 aromatic rings. The number of furan rings is 1. The van der Waals surface area contributed by atoms with Gasteiger partial charge in [0.05, 0.1) is 6.26 Å². The lowest BCUT2D eigenvalue weighted by atomic mass is 10.2. The van der Waals surface area contributed by atoms with Gasteiger partial charge in [0, 0.05) is 6.07 Å². The highest BCUT2D eigenvalue weighted by Crippen LogP contribution is 2.26. The SMILES string of the molecule is C[C@@H]1Nc2occc2NC1=O. The van der Waals surface area contributed by atoms with Gasteiger partial charge in [-0.1, -0.05) is 0 Å². The van der Waals surface area contributed by atoms with Gasteiger partial charge >= 0.3 is 0 Å². The Morgan fingerprint density at radius 3 is 3.27 bits per heavy atom. The lowest BCUT2D eigenvalue weighted by Crippen LogP contribution is -2.35. The van der Waals surface area contributed by atoms with Gasteiger partial charge in [-0.05, 0) is 6.92 Å². The van der Waals surface area contributed by atoms with Crippen molar-refractivity contribution in [3.63, 3.8) is 0 Å². The molecule has 0 saturated carbocycles. The molecule has 0 aromatic carbocycles. The first kappa shape index (κ1) is 6.27. The molecule has 0 fully saturated rings. The molecule has 0 spiro atoms. The molecule has 2 heterocycles. The number of hydrogen-bond acceptors (Lipinski definition) is 3. The molecular formula is C7H8N2O2. The van der Waals surface area contributed by atoms with Gasteiger partial charge in [-0.3, -0.25) is 4.79 Å². The van der Waals surface area contributed by atoms with Crippen molar-refractivity contribution in [2.24, 2.45) is 0 Å². The summed E-state index contributed by atoms with van der Waals surface area (Å²) in [5.41, 5.74) is 0.716. The normalized spacial score (nSPS) is 21.9. The molecule has 1 aliphatic heterocycles. The quantitative estimate of drug-likeness (QED) is 0.583. The summed E-state index contributed by atoms with van der Waals surface area (Å²) >= 11 is 0. The molecule has 1 aromatic heterocycles. The maximum atomic E-state index is 11.0. The van der Waals surface area contributed by atoms with Crippen LogP contribution in [0.2, 0.25) is 0 Å². The zero-order valence-electron chi connectivity index (χ0n) is 6.05. The van der Waals surface area contributed by atoms with Crippen LogP contribution in [0.15, 0.2) is 16.7 Å². The van der Waals surface area contributed by atoms with Crippen LogP contribution in [0, 0.1) is 0 Å². The van der Waals surface area contributed by atoms with Crippen LogP contribution in [0.25, 0.3) is 0 Å². The van der Waals surface area contributed by atoms with Gasteiger partial charge in [0.2, 0.25) is 11.8 Å². The minimum Gasteiger partial charge on any atom is -0.447 e. The van der Waals surface area contributed by atoms with Crippen LogP contribution in [-0.2, 0) is 4.79 Å². The van der Waals surface area contributed by atoms with E-state index >= 15 is 0 Å². The zero-order valence-corrected chi connectivity index (χ0v) is 6.05. The fourth-order valence-corrected chi connectivity index (χ4v) is 1.02. The highest BCUT2D eigenvalue weighted by molar-refractivity contribution is 6.01. The molecule has 1 aliphatic rings. The van der Waals surface area contributed by atoms with Crippen molar-refractivity contribution in [2.45, 2.75) is 13.0 Å². The van der Waals surface area contributed by atoms with Crippen molar-refractivity contribution >= 4 is 17.5 Å². The summed E-state index contributed by atoms with van der Waals surface area (Å²) in [6.45, 7) is 1.78. The number of carbonyl (C=O) groups excluding carboxylic acids is 1. The van der Waals surface area contributed by atoms with E-state index in [-0.39, 0.29) is 11.9 Å². The van der Waals surface area contributed by atoms with E-state index in [1.807, 2.05) is 0 Å². The highest BCUT2D eigenvalue weighted by Gasteiger charge is 2.22. The number of anilines is 2. The Bertz CT molecular complexity index is 292. The summed E-state index contributed by atoms with van der Waals surface area (Å²) in [6.07, 6.45) is 1.54. The van der Waals surface area contributed by atoms with Crippen molar-refractivity contribution in [2.75, 3.05) is 10.6 Å². The van der Waals surface area contributed by atoms with E-state index < -0.39 is 0 Å². The second-order valence-corrected chi connectivity index (χ2v) is 2.52. The largest absolute Gasteiger partial charge is 0.447 e. The van der Waals surface area contributed by atoms with Gasteiger partial charge in [0.15, 0.2) is 0 Å². The minimum absolute atomic E-state index is 0.0288. The van der Waals surface area contributed by atoms with Gasteiger partial charge in [0.25, 0.3) is 0 Å². The first-order valence-electron chi connectivity index (χ1n) is 3.42. The molecule has 2 N–H and O–H groups in total. The summed E-state index contributed by atoms with van der Waals surface area (Å²) < 4.78 is 5.05. The second kappa shape index (κ2) is 2.02. The average Bonchev–Trinajstić information content (AvgIpc) is 2.36. The molecule has 0 saturated heterocycles. The second-order valence-electron chi connectivity index (χ2n) is 2.52. The number of nitrogens with one attached hydrogen (secondary N) is 2. The molecule has 11 heavy (non-hydrogen) atoms. The zero-order chi connectivity index (χ0) is 7.84. The first-order valence-corrected chi connectivity index (χ1v) is 3.42. The van der Waals surface area contributed by atoms with Gasteiger partial charge < -0.3 is 15.1 Å². The summed E-state index contributed by atoms with van der Waals surface area (Å²) in [5, 5.41) is 5.61. The van der Waals surface area contributed by atoms with Crippen LogP contribution in [0.5, 0.6) is 0 Å². The predicted octanol–water partition coefficient (Wildman–Crippen LogP) is 1.03. The Morgan fingerprint density at radius 1 is 1.64 bits per heavy atom. The molecule has 4 heteroatoms. The van der Waals surface area contributed by atoms with E-state index in [9.17, 15) is 4.79 Å². The van der Waals surface area contributed by atoms with Crippen LogP contribution in [0.3, 0.4) is 0 Å². The first-order chi connectivity index (χ1) is 5.27. The third kappa shape index (κ3) is 0.869. The lowest BCUT2D eigenvalue weighted by molar-refractivity contribution is -0.116. The molecule has 0 aliphatic carbocycles. The Labute approximate surface area is 63.6 Å². The maximum Gasteiger partial charge on any atom is 0.246 e. The van der Waals surface area contributed by atoms with Crippen LogP contribution in [0.4, 0.5) is 11.6 Å². The molecule has 0 radical (unpaired) electrons. The number of carbonyl (C=O) groups is 1. The van der Waals surface area contributed by atoms with Crippen molar-refractivity contribution in [1.82, 2.24) is 0 Å². The molecular weight excluding hydrogens is 144 g/mol. The molecule has 1 amide bonds. The third-order valence-electron chi connectivity index (χ3n) is 1.66. The van der Waals surface area contributed by atoms with Crippen LogP contribution < -0.4 is 10.6 Å². The highest BCUT2D eigenvalue weighted by atomic mass is 16.3. The van der Waals surface area contributed by atoms with Crippen LogP contribution in [-0.4, -0.2) is 11.9 Å². The van der Waals surface area contributed by atoms with Crippen molar-refractivity contribution in [3.8, 4) is 0 Å². The van der Waals surface area contributed by atoms with E-state index in [0.29, 0.717) is 11.6 Å². The van der Waals surface area contributed by atoms with Gasteiger partial charge in [-0.2, -0.15) is 0 Å². The van der Waals surface area contributed by atoms with Crippen LogP contribution in [0.1, 0.15) is 6.92 Å². The van der Waals surface area contributed by atoms with E-state index in [1.54, 1.807) is 13.0 Å². The number of hydrogen-bond donors (Lipinski definition) is 2. The Hall–Kier alpha value is -1.45. The molecule has 1 atom stereocenters. The van der Waals surface area contributed by atoms with E-state index in [0.717, 1.165) is 0 Å². The van der Waals surface area contributed by atoms with Crippen molar-refractivity contribution in [3.05, 3.63) is 12.3 Å². The number of amides is 1. The summed E-state index contributed by atoms with van der Waals surface area (Å²) in [4.78, 5) is 11.0. The maximum absolute atomic E-state index is 11.0. The van der Waals surface area contributed by atoms with E-state index in [1.165, 1.54) is 6.26 Å². The molecule has 2 rings (SSSR count). The van der Waals surface area contributed by atoms with Gasteiger partial charge in [0.1, 0.15) is 11.7 Å². The summed E-state index contributed by atoms with van der Waals surface area (Å²) in [6, 6.07) is 1.50. The minimum atomic E-state index is -0.214.